The summed E-state index contributed by atoms with van der Waals surface area (Å²) in [6.07, 6.45) is 2.50. The number of carbonyl (C=O) groups excluding carboxylic acids is 1. The SMILES string of the molecule is CCn1c(=NC(=O)C2CCCN(S(C)(=O)=O)C2)sc2cc3c(cc21)OCCO3. The van der Waals surface area contributed by atoms with Gasteiger partial charge in [-0.25, -0.2) is 12.7 Å². The summed E-state index contributed by atoms with van der Waals surface area (Å²) in [4.78, 5) is 17.8. The van der Waals surface area contributed by atoms with Gasteiger partial charge < -0.3 is 14.0 Å². The standard InChI is InChI=1S/C18H23N3O5S2/c1-3-21-13-9-14-15(26-8-7-25-14)10-16(13)27-18(21)19-17(22)12-5-4-6-20(11-12)28(2,23)24/h9-10,12H,3-8,11H2,1-2H3. The lowest BCUT2D eigenvalue weighted by atomic mass is 9.99. The number of aryl methyl sites for hydroxylation is 1. The number of carbonyl (C=O) groups is 1. The lowest BCUT2D eigenvalue weighted by Crippen LogP contribution is -2.41. The van der Waals surface area contributed by atoms with Crippen molar-refractivity contribution < 1.29 is 22.7 Å². The Morgan fingerprint density at radius 2 is 2.00 bits per heavy atom. The Morgan fingerprint density at radius 1 is 1.29 bits per heavy atom. The zero-order chi connectivity index (χ0) is 19.9. The summed E-state index contributed by atoms with van der Waals surface area (Å²) in [5, 5.41) is 0. The molecule has 0 radical (unpaired) electrons. The highest BCUT2D eigenvalue weighted by atomic mass is 32.2. The quantitative estimate of drug-likeness (QED) is 0.745. The van der Waals surface area contributed by atoms with Gasteiger partial charge in [0, 0.05) is 31.8 Å². The van der Waals surface area contributed by atoms with Crippen LogP contribution in [-0.2, 0) is 21.4 Å². The molecule has 0 spiro atoms. The second-order valence-corrected chi connectivity index (χ2v) is 9.99. The predicted molar refractivity (Wildman–Crippen MR) is 106 cm³/mol. The molecular weight excluding hydrogens is 402 g/mol. The summed E-state index contributed by atoms with van der Waals surface area (Å²) in [6, 6.07) is 3.86. The van der Waals surface area contributed by atoms with Crippen molar-refractivity contribution in [3.63, 3.8) is 0 Å². The van der Waals surface area contributed by atoms with E-state index >= 15 is 0 Å². The van der Waals surface area contributed by atoms with Gasteiger partial charge in [-0.1, -0.05) is 11.3 Å². The molecule has 4 rings (SSSR count). The molecule has 0 bridgehead atoms. The third-order valence-corrected chi connectivity index (χ3v) is 7.38. The van der Waals surface area contributed by atoms with E-state index in [1.807, 2.05) is 23.6 Å². The molecule has 1 saturated heterocycles. The van der Waals surface area contributed by atoms with Crippen molar-refractivity contribution >= 4 is 37.5 Å². The van der Waals surface area contributed by atoms with Gasteiger partial charge in [0.2, 0.25) is 10.0 Å². The van der Waals surface area contributed by atoms with E-state index in [4.69, 9.17) is 9.47 Å². The second-order valence-electron chi connectivity index (χ2n) is 7.00. The smallest absolute Gasteiger partial charge is 0.252 e. The van der Waals surface area contributed by atoms with E-state index < -0.39 is 15.9 Å². The molecule has 28 heavy (non-hydrogen) atoms. The molecule has 0 saturated carbocycles. The van der Waals surface area contributed by atoms with Gasteiger partial charge in [0.15, 0.2) is 16.3 Å². The van der Waals surface area contributed by atoms with E-state index in [2.05, 4.69) is 4.99 Å². The number of ether oxygens (including phenoxy) is 2. The average Bonchev–Trinajstić information content (AvgIpc) is 3.01. The Balaban J connectivity index is 1.69. The monoisotopic (exact) mass is 425 g/mol. The van der Waals surface area contributed by atoms with Crippen LogP contribution >= 0.6 is 11.3 Å². The van der Waals surface area contributed by atoms with E-state index in [0.717, 1.165) is 10.2 Å². The normalized spacial score (nSPS) is 21.2. The molecule has 1 unspecified atom stereocenters. The van der Waals surface area contributed by atoms with Crippen molar-refractivity contribution in [2.45, 2.75) is 26.3 Å². The summed E-state index contributed by atoms with van der Waals surface area (Å²) in [5.74, 6) is 0.739. The van der Waals surface area contributed by atoms with Crippen molar-refractivity contribution in [1.29, 1.82) is 0 Å². The number of rotatable bonds is 3. The first kappa shape index (κ1) is 19.4. The van der Waals surface area contributed by atoms with Crippen molar-refractivity contribution in [2.24, 2.45) is 10.9 Å². The van der Waals surface area contributed by atoms with Crippen molar-refractivity contribution in [3.05, 3.63) is 16.9 Å². The Bertz CT molecular complexity index is 1090. The zero-order valence-electron chi connectivity index (χ0n) is 15.9. The van der Waals surface area contributed by atoms with Crippen LogP contribution in [0.4, 0.5) is 0 Å². The van der Waals surface area contributed by atoms with Crippen LogP contribution in [0.25, 0.3) is 10.2 Å². The number of benzene rings is 1. The highest BCUT2D eigenvalue weighted by Gasteiger charge is 2.30. The van der Waals surface area contributed by atoms with Crippen LogP contribution < -0.4 is 14.3 Å². The van der Waals surface area contributed by atoms with Gasteiger partial charge in [-0.3, -0.25) is 4.79 Å². The van der Waals surface area contributed by atoms with Crippen molar-refractivity contribution in [3.8, 4) is 11.5 Å². The summed E-state index contributed by atoms with van der Waals surface area (Å²) in [5.41, 5.74) is 0.949. The van der Waals surface area contributed by atoms with Gasteiger partial charge in [-0.2, -0.15) is 4.99 Å². The molecule has 0 N–H and O–H groups in total. The summed E-state index contributed by atoms with van der Waals surface area (Å²) in [6.45, 7) is 4.36. The van der Waals surface area contributed by atoms with Crippen LogP contribution in [-0.4, -0.2) is 55.8 Å². The Labute approximate surface area is 167 Å². The number of nitrogens with zero attached hydrogens (tertiary/aromatic N) is 3. The Morgan fingerprint density at radius 3 is 2.68 bits per heavy atom. The Hall–Kier alpha value is -1.91. The first-order valence-corrected chi connectivity index (χ1v) is 12.0. The topological polar surface area (TPSA) is 90.2 Å². The molecule has 1 aromatic heterocycles. The fraction of sp³-hybridized carbons (Fsp3) is 0.556. The molecule has 1 fully saturated rings. The minimum Gasteiger partial charge on any atom is -0.486 e. The van der Waals surface area contributed by atoms with Gasteiger partial charge >= 0.3 is 0 Å². The van der Waals surface area contributed by atoms with Gasteiger partial charge in [0.1, 0.15) is 13.2 Å². The predicted octanol–water partition coefficient (Wildman–Crippen LogP) is 1.59. The second kappa shape index (κ2) is 7.49. The highest BCUT2D eigenvalue weighted by Crippen LogP contribution is 2.35. The van der Waals surface area contributed by atoms with Crippen molar-refractivity contribution in [1.82, 2.24) is 8.87 Å². The molecule has 2 aliphatic heterocycles. The summed E-state index contributed by atoms with van der Waals surface area (Å²) >= 11 is 1.43. The fourth-order valence-corrected chi connectivity index (χ4v) is 5.65. The molecule has 152 valence electrons. The molecule has 2 aromatic rings. The highest BCUT2D eigenvalue weighted by molar-refractivity contribution is 7.88. The fourth-order valence-electron chi connectivity index (χ4n) is 3.63. The van der Waals surface area contributed by atoms with Crippen LogP contribution in [0, 0.1) is 5.92 Å². The number of sulfonamides is 1. The van der Waals surface area contributed by atoms with Crippen LogP contribution in [0.1, 0.15) is 19.8 Å². The molecule has 1 aromatic carbocycles. The number of aromatic nitrogens is 1. The lowest BCUT2D eigenvalue weighted by Gasteiger charge is -2.28. The molecule has 10 heteroatoms. The number of hydrogen-bond acceptors (Lipinski definition) is 6. The lowest BCUT2D eigenvalue weighted by molar-refractivity contribution is -0.122. The van der Waals surface area contributed by atoms with Gasteiger partial charge in [-0.05, 0) is 19.8 Å². The van der Waals surface area contributed by atoms with Crippen LogP contribution in [0.5, 0.6) is 11.5 Å². The molecular formula is C18H23N3O5S2. The maximum atomic E-state index is 12.8. The molecule has 8 nitrogen and oxygen atoms in total. The van der Waals surface area contributed by atoms with E-state index in [1.54, 1.807) is 0 Å². The number of hydrogen-bond donors (Lipinski definition) is 0. The maximum Gasteiger partial charge on any atom is 0.252 e. The number of amides is 1. The average molecular weight is 426 g/mol. The van der Waals surface area contributed by atoms with Crippen LogP contribution in [0.2, 0.25) is 0 Å². The molecule has 2 aliphatic rings. The number of piperidine rings is 1. The minimum atomic E-state index is -3.30. The summed E-state index contributed by atoms with van der Waals surface area (Å²) in [7, 11) is -3.30. The van der Waals surface area contributed by atoms with Crippen molar-refractivity contribution in [2.75, 3.05) is 32.6 Å². The van der Waals surface area contributed by atoms with Gasteiger partial charge in [0.25, 0.3) is 5.91 Å². The largest absolute Gasteiger partial charge is 0.486 e. The van der Waals surface area contributed by atoms with Crippen LogP contribution in [0.3, 0.4) is 0 Å². The van der Waals surface area contributed by atoms with Gasteiger partial charge in [-0.15, -0.1) is 0 Å². The van der Waals surface area contributed by atoms with Crippen LogP contribution in [0.15, 0.2) is 17.1 Å². The summed E-state index contributed by atoms with van der Waals surface area (Å²) < 4.78 is 39.3. The van der Waals surface area contributed by atoms with E-state index in [-0.39, 0.29) is 12.5 Å². The Kier molecular flexibility index (Phi) is 5.19. The first-order chi connectivity index (χ1) is 13.4. The third-order valence-electron chi connectivity index (χ3n) is 5.07. The van der Waals surface area contributed by atoms with Gasteiger partial charge in [0.05, 0.1) is 22.4 Å². The van der Waals surface area contributed by atoms with E-state index in [1.165, 1.54) is 21.9 Å². The van der Waals surface area contributed by atoms with E-state index in [0.29, 0.717) is 55.4 Å². The minimum absolute atomic E-state index is 0.203. The maximum absolute atomic E-state index is 12.8. The molecule has 3 heterocycles. The number of fused-ring (bicyclic) bond motifs is 2. The molecule has 0 aliphatic carbocycles. The zero-order valence-corrected chi connectivity index (χ0v) is 17.5. The molecule has 1 atom stereocenters. The van der Waals surface area contributed by atoms with E-state index in [9.17, 15) is 13.2 Å². The number of thiazole rings is 1. The third kappa shape index (κ3) is 3.68. The first-order valence-electron chi connectivity index (χ1n) is 9.33. The molecule has 1 amide bonds.